The fourth-order valence-corrected chi connectivity index (χ4v) is 5.44. The summed E-state index contributed by atoms with van der Waals surface area (Å²) in [7, 11) is 0. The minimum Gasteiger partial charge on any atom is -0.397 e. The number of piperidine rings is 1. The van der Waals surface area contributed by atoms with Gasteiger partial charge in [0.05, 0.1) is 23.9 Å². The van der Waals surface area contributed by atoms with E-state index in [9.17, 15) is 4.79 Å². The Labute approximate surface area is 201 Å². The van der Waals surface area contributed by atoms with Crippen LogP contribution in [0.3, 0.4) is 0 Å². The zero-order chi connectivity index (χ0) is 23.3. The second-order valence-electron chi connectivity index (χ2n) is 9.45. The lowest BCUT2D eigenvalue weighted by atomic mass is 9.76. The van der Waals surface area contributed by atoms with Crippen molar-refractivity contribution >= 4 is 23.0 Å². The van der Waals surface area contributed by atoms with Crippen LogP contribution in [0.1, 0.15) is 36.3 Å². The summed E-state index contributed by atoms with van der Waals surface area (Å²) in [5, 5.41) is 3.00. The van der Waals surface area contributed by atoms with E-state index in [1.165, 1.54) is 11.1 Å². The van der Waals surface area contributed by atoms with Crippen LogP contribution in [0.15, 0.2) is 78.9 Å². The second-order valence-corrected chi connectivity index (χ2v) is 9.45. The van der Waals surface area contributed by atoms with E-state index in [0.29, 0.717) is 30.7 Å². The summed E-state index contributed by atoms with van der Waals surface area (Å²) < 4.78 is 5.33. The maximum atomic E-state index is 12.4. The lowest BCUT2D eigenvalue weighted by molar-refractivity contribution is -0.119. The molecule has 0 saturated carbocycles. The van der Waals surface area contributed by atoms with Crippen LogP contribution >= 0.6 is 0 Å². The molecule has 5 heteroatoms. The number of amides is 1. The van der Waals surface area contributed by atoms with E-state index < -0.39 is 0 Å². The highest BCUT2D eigenvalue weighted by Gasteiger charge is 2.29. The molecule has 2 saturated heterocycles. The van der Waals surface area contributed by atoms with Crippen molar-refractivity contribution in [2.45, 2.75) is 25.2 Å². The van der Waals surface area contributed by atoms with E-state index in [0.717, 1.165) is 43.7 Å². The molecule has 0 spiro atoms. The first-order chi connectivity index (χ1) is 16.7. The SMILES string of the molecule is Nc1cc(NC(=O)C2CCOC2)ccc1N1CCC(C(c2ccccc2)c2ccccc2)CC1. The monoisotopic (exact) mass is 455 g/mol. The standard InChI is InChI=1S/C29H33N3O2/c30-26-19-25(31-29(33)24-15-18-34-20-24)11-12-27(26)32-16-13-23(14-17-32)28(21-7-3-1-4-8-21)22-9-5-2-6-10-22/h1-12,19,23-24,28H,13-18,20,30H2,(H,31,33). The molecule has 2 aliphatic rings. The molecule has 3 aromatic carbocycles. The number of nitrogen functional groups attached to an aromatic ring is 1. The van der Waals surface area contributed by atoms with E-state index in [4.69, 9.17) is 10.5 Å². The minimum absolute atomic E-state index is 0.0123. The van der Waals surface area contributed by atoms with Gasteiger partial charge in [0, 0.05) is 31.3 Å². The highest BCUT2D eigenvalue weighted by atomic mass is 16.5. The van der Waals surface area contributed by atoms with Gasteiger partial charge in [-0.25, -0.2) is 0 Å². The normalized spacial score (nSPS) is 18.9. The summed E-state index contributed by atoms with van der Waals surface area (Å²) in [6.45, 7) is 3.10. The molecule has 5 rings (SSSR count). The van der Waals surface area contributed by atoms with Crippen molar-refractivity contribution in [2.75, 3.05) is 42.3 Å². The lowest BCUT2D eigenvalue weighted by Gasteiger charge is -2.38. The van der Waals surface area contributed by atoms with Crippen LogP contribution in [-0.4, -0.2) is 32.2 Å². The van der Waals surface area contributed by atoms with Crippen LogP contribution in [0.25, 0.3) is 0 Å². The fraction of sp³-hybridized carbons (Fsp3) is 0.345. The Balaban J connectivity index is 1.26. The Morgan fingerprint density at radius 2 is 1.56 bits per heavy atom. The molecule has 2 heterocycles. The van der Waals surface area contributed by atoms with Gasteiger partial charge in [-0.3, -0.25) is 4.79 Å². The largest absolute Gasteiger partial charge is 0.397 e. The van der Waals surface area contributed by atoms with E-state index in [-0.39, 0.29) is 11.8 Å². The third-order valence-corrected chi connectivity index (χ3v) is 7.26. The molecule has 1 amide bonds. The van der Waals surface area contributed by atoms with Gasteiger partial charge >= 0.3 is 0 Å². The van der Waals surface area contributed by atoms with Crippen molar-refractivity contribution in [1.29, 1.82) is 0 Å². The summed E-state index contributed by atoms with van der Waals surface area (Å²) in [4.78, 5) is 14.8. The van der Waals surface area contributed by atoms with Crippen LogP contribution in [0.4, 0.5) is 17.1 Å². The van der Waals surface area contributed by atoms with Gasteiger partial charge in [-0.15, -0.1) is 0 Å². The fourth-order valence-electron chi connectivity index (χ4n) is 5.44. The molecular formula is C29H33N3O2. The number of hydrogen-bond donors (Lipinski definition) is 2. The van der Waals surface area contributed by atoms with Crippen LogP contribution in [0.5, 0.6) is 0 Å². The van der Waals surface area contributed by atoms with Gasteiger partial charge in [0.2, 0.25) is 5.91 Å². The summed E-state index contributed by atoms with van der Waals surface area (Å²) >= 11 is 0. The third-order valence-electron chi connectivity index (χ3n) is 7.26. The second kappa shape index (κ2) is 10.3. The molecule has 1 atom stereocenters. The average molecular weight is 456 g/mol. The van der Waals surface area contributed by atoms with E-state index >= 15 is 0 Å². The number of hydrogen-bond acceptors (Lipinski definition) is 4. The van der Waals surface area contributed by atoms with Crippen LogP contribution < -0.4 is 16.0 Å². The van der Waals surface area contributed by atoms with Crippen molar-refractivity contribution in [3.05, 3.63) is 90.0 Å². The van der Waals surface area contributed by atoms with Gasteiger partial charge in [0.15, 0.2) is 0 Å². The maximum Gasteiger partial charge on any atom is 0.229 e. The number of nitrogens with two attached hydrogens (primary N) is 1. The van der Waals surface area contributed by atoms with Crippen molar-refractivity contribution in [2.24, 2.45) is 11.8 Å². The van der Waals surface area contributed by atoms with Crippen molar-refractivity contribution in [1.82, 2.24) is 0 Å². The molecule has 0 radical (unpaired) electrons. The zero-order valence-corrected chi connectivity index (χ0v) is 19.5. The number of nitrogens with zero attached hydrogens (tertiary/aromatic N) is 1. The molecule has 0 aliphatic carbocycles. The van der Waals surface area contributed by atoms with Crippen LogP contribution in [0.2, 0.25) is 0 Å². The van der Waals surface area contributed by atoms with Gasteiger partial charge in [-0.05, 0) is 54.5 Å². The zero-order valence-electron chi connectivity index (χ0n) is 19.5. The van der Waals surface area contributed by atoms with E-state index in [1.807, 2.05) is 18.2 Å². The number of anilines is 3. The first-order valence-corrected chi connectivity index (χ1v) is 12.3. The van der Waals surface area contributed by atoms with Crippen LogP contribution in [-0.2, 0) is 9.53 Å². The molecule has 3 N–H and O–H groups in total. The summed E-state index contributed by atoms with van der Waals surface area (Å²) in [6, 6.07) is 27.6. The van der Waals surface area contributed by atoms with Gasteiger partial charge in [-0.1, -0.05) is 60.7 Å². The molecule has 0 aromatic heterocycles. The van der Waals surface area contributed by atoms with Crippen molar-refractivity contribution in [3.8, 4) is 0 Å². The minimum atomic E-state index is -0.0675. The van der Waals surface area contributed by atoms with E-state index in [2.05, 4.69) is 70.9 Å². The third kappa shape index (κ3) is 4.95. The maximum absolute atomic E-state index is 12.4. The molecular weight excluding hydrogens is 422 g/mol. The molecule has 3 aromatic rings. The topological polar surface area (TPSA) is 67.6 Å². The molecule has 5 nitrogen and oxygen atoms in total. The number of benzene rings is 3. The number of nitrogens with one attached hydrogen (secondary N) is 1. The molecule has 2 fully saturated rings. The highest BCUT2D eigenvalue weighted by Crippen LogP contribution is 2.39. The van der Waals surface area contributed by atoms with E-state index in [1.54, 1.807) is 0 Å². The van der Waals surface area contributed by atoms with Crippen LogP contribution in [0, 0.1) is 11.8 Å². The first-order valence-electron chi connectivity index (χ1n) is 12.3. The molecule has 0 bridgehead atoms. The Bertz CT molecular complexity index is 1050. The smallest absolute Gasteiger partial charge is 0.229 e. The predicted molar refractivity (Wildman–Crippen MR) is 138 cm³/mol. The number of carbonyl (C=O) groups is 1. The van der Waals surface area contributed by atoms with Gasteiger partial charge in [0.25, 0.3) is 0 Å². The number of ether oxygens (including phenoxy) is 1. The van der Waals surface area contributed by atoms with Crippen molar-refractivity contribution in [3.63, 3.8) is 0 Å². The average Bonchev–Trinajstić information content (AvgIpc) is 3.42. The van der Waals surface area contributed by atoms with Gasteiger partial charge < -0.3 is 20.7 Å². The highest BCUT2D eigenvalue weighted by molar-refractivity contribution is 5.94. The van der Waals surface area contributed by atoms with Gasteiger partial charge in [0.1, 0.15) is 0 Å². The molecule has 1 unspecified atom stereocenters. The summed E-state index contributed by atoms with van der Waals surface area (Å²) in [5.41, 5.74) is 11.7. The predicted octanol–water partition coefficient (Wildman–Crippen LogP) is 5.29. The molecule has 176 valence electrons. The van der Waals surface area contributed by atoms with Gasteiger partial charge in [-0.2, -0.15) is 0 Å². The van der Waals surface area contributed by atoms with Crippen molar-refractivity contribution < 1.29 is 9.53 Å². The summed E-state index contributed by atoms with van der Waals surface area (Å²) in [6.07, 6.45) is 2.99. The Kier molecular flexibility index (Phi) is 6.82. The first kappa shape index (κ1) is 22.5. The lowest BCUT2D eigenvalue weighted by Crippen LogP contribution is -2.36. The Hall–Kier alpha value is -3.31. The molecule has 2 aliphatic heterocycles. The number of rotatable bonds is 6. The Morgan fingerprint density at radius 1 is 0.912 bits per heavy atom. The Morgan fingerprint density at radius 3 is 2.12 bits per heavy atom. The quantitative estimate of drug-likeness (QED) is 0.496. The molecule has 34 heavy (non-hydrogen) atoms. The summed E-state index contributed by atoms with van der Waals surface area (Å²) in [5.74, 6) is 0.925. The number of carbonyl (C=O) groups excluding carboxylic acids is 1.